The fourth-order valence-electron chi connectivity index (χ4n) is 3.16. The Morgan fingerprint density at radius 3 is 2.59 bits per heavy atom. The molecule has 0 spiro atoms. The van der Waals surface area contributed by atoms with Gasteiger partial charge in [-0.1, -0.05) is 0 Å². The highest BCUT2D eigenvalue weighted by atomic mass is 16.5. The zero-order chi connectivity index (χ0) is 19.1. The van der Waals surface area contributed by atoms with Crippen LogP contribution in [0.15, 0.2) is 42.5 Å². The Morgan fingerprint density at radius 2 is 1.89 bits per heavy atom. The molecule has 2 aromatic carbocycles. The molecular formula is C21H26N2O4. The van der Waals surface area contributed by atoms with Crippen molar-refractivity contribution in [2.24, 2.45) is 0 Å². The summed E-state index contributed by atoms with van der Waals surface area (Å²) in [6.45, 7) is 4.24. The first kappa shape index (κ1) is 19.0. The number of phenolic OH excluding ortho intramolecular Hbond substituents is 1. The molecule has 0 saturated carbocycles. The van der Waals surface area contributed by atoms with E-state index in [-0.39, 0.29) is 11.7 Å². The second kappa shape index (κ2) is 9.28. The van der Waals surface area contributed by atoms with Crippen LogP contribution in [0.5, 0.6) is 17.2 Å². The summed E-state index contributed by atoms with van der Waals surface area (Å²) >= 11 is 0. The molecule has 0 bridgehead atoms. The first-order valence-corrected chi connectivity index (χ1v) is 9.25. The summed E-state index contributed by atoms with van der Waals surface area (Å²) in [5.74, 6) is 1.26. The van der Waals surface area contributed by atoms with E-state index in [4.69, 9.17) is 9.47 Å². The van der Waals surface area contributed by atoms with Crippen molar-refractivity contribution in [2.45, 2.75) is 19.4 Å². The Kier molecular flexibility index (Phi) is 6.54. The number of likely N-dealkylation sites (tertiary alicyclic amines) is 1. The number of ether oxygens (including phenoxy) is 2. The van der Waals surface area contributed by atoms with Crippen LogP contribution in [0.1, 0.15) is 28.8 Å². The summed E-state index contributed by atoms with van der Waals surface area (Å²) in [6.07, 6.45) is 2.56. The zero-order valence-electron chi connectivity index (χ0n) is 15.6. The lowest BCUT2D eigenvalue weighted by molar-refractivity contribution is 0.0950. The van der Waals surface area contributed by atoms with E-state index in [2.05, 4.69) is 10.2 Å². The third-order valence-corrected chi connectivity index (χ3v) is 4.70. The molecule has 0 unspecified atom stereocenters. The lowest BCUT2D eigenvalue weighted by Gasteiger charge is -2.15. The van der Waals surface area contributed by atoms with Gasteiger partial charge in [-0.3, -0.25) is 9.69 Å². The molecule has 0 atom stereocenters. The SMILES string of the molecule is COc1cc(O)ccc1CNC(=O)c1ccc(OCCN2CCCC2)cc1. The Bertz CT molecular complexity index is 755. The zero-order valence-corrected chi connectivity index (χ0v) is 15.6. The quantitative estimate of drug-likeness (QED) is 0.748. The van der Waals surface area contributed by atoms with Crippen molar-refractivity contribution in [3.8, 4) is 17.2 Å². The molecule has 1 aliphatic heterocycles. The maximum absolute atomic E-state index is 12.3. The van der Waals surface area contributed by atoms with Gasteiger partial charge < -0.3 is 19.9 Å². The number of nitrogens with one attached hydrogen (secondary N) is 1. The highest BCUT2D eigenvalue weighted by Gasteiger charge is 2.11. The number of hydrogen-bond donors (Lipinski definition) is 2. The van der Waals surface area contributed by atoms with Gasteiger partial charge in [0.25, 0.3) is 5.91 Å². The van der Waals surface area contributed by atoms with Crippen molar-refractivity contribution in [3.05, 3.63) is 53.6 Å². The summed E-state index contributed by atoms with van der Waals surface area (Å²) < 4.78 is 11.0. The number of phenols is 1. The van der Waals surface area contributed by atoms with Crippen LogP contribution >= 0.6 is 0 Å². The maximum Gasteiger partial charge on any atom is 0.251 e. The first-order valence-electron chi connectivity index (χ1n) is 9.25. The van der Waals surface area contributed by atoms with Gasteiger partial charge in [-0.15, -0.1) is 0 Å². The molecule has 27 heavy (non-hydrogen) atoms. The van der Waals surface area contributed by atoms with Gasteiger partial charge in [-0.2, -0.15) is 0 Å². The number of hydrogen-bond acceptors (Lipinski definition) is 5. The Labute approximate surface area is 159 Å². The largest absolute Gasteiger partial charge is 0.508 e. The normalized spacial score (nSPS) is 14.1. The molecular weight excluding hydrogens is 344 g/mol. The third-order valence-electron chi connectivity index (χ3n) is 4.70. The molecule has 3 rings (SSSR count). The van der Waals surface area contributed by atoms with E-state index in [9.17, 15) is 9.90 Å². The molecule has 1 aliphatic rings. The predicted octanol–water partition coefficient (Wildman–Crippen LogP) is 2.81. The Morgan fingerprint density at radius 1 is 1.15 bits per heavy atom. The molecule has 1 amide bonds. The number of benzene rings is 2. The molecule has 2 N–H and O–H groups in total. The van der Waals surface area contributed by atoms with Gasteiger partial charge in [-0.25, -0.2) is 0 Å². The number of amides is 1. The Hall–Kier alpha value is -2.73. The van der Waals surface area contributed by atoms with Gasteiger partial charge >= 0.3 is 0 Å². The van der Waals surface area contributed by atoms with Gasteiger partial charge in [-0.05, 0) is 62.3 Å². The lowest BCUT2D eigenvalue weighted by atomic mass is 10.1. The summed E-state index contributed by atoms with van der Waals surface area (Å²) in [5, 5.41) is 12.4. The lowest BCUT2D eigenvalue weighted by Crippen LogP contribution is -2.25. The number of nitrogens with zero attached hydrogens (tertiary/aromatic N) is 1. The van der Waals surface area contributed by atoms with E-state index in [1.165, 1.54) is 26.0 Å². The van der Waals surface area contributed by atoms with E-state index < -0.39 is 0 Å². The van der Waals surface area contributed by atoms with Gasteiger partial charge in [0.2, 0.25) is 0 Å². The molecule has 6 heteroatoms. The Balaban J connectivity index is 1.48. The molecule has 0 radical (unpaired) electrons. The van der Waals surface area contributed by atoms with E-state index in [0.717, 1.165) is 30.9 Å². The van der Waals surface area contributed by atoms with E-state index in [1.807, 2.05) is 12.1 Å². The molecule has 1 saturated heterocycles. The van der Waals surface area contributed by atoms with Crippen molar-refractivity contribution < 1.29 is 19.4 Å². The number of methoxy groups -OCH3 is 1. The summed E-state index contributed by atoms with van der Waals surface area (Å²) in [6, 6.07) is 12.0. The van der Waals surface area contributed by atoms with Crippen LogP contribution < -0.4 is 14.8 Å². The van der Waals surface area contributed by atoms with Crippen molar-refractivity contribution in [1.82, 2.24) is 10.2 Å². The minimum atomic E-state index is -0.172. The summed E-state index contributed by atoms with van der Waals surface area (Å²) in [5.41, 5.74) is 1.37. The molecule has 0 aliphatic carbocycles. The highest BCUT2D eigenvalue weighted by molar-refractivity contribution is 5.94. The van der Waals surface area contributed by atoms with Crippen molar-refractivity contribution in [1.29, 1.82) is 0 Å². The van der Waals surface area contributed by atoms with E-state index in [0.29, 0.717) is 24.5 Å². The molecule has 2 aromatic rings. The third kappa shape index (κ3) is 5.37. The van der Waals surface area contributed by atoms with Crippen LogP contribution in [0.4, 0.5) is 0 Å². The minimum absolute atomic E-state index is 0.127. The maximum atomic E-state index is 12.3. The van der Waals surface area contributed by atoms with Crippen LogP contribution in [0.3, 0.4) is 0 Å². The predicted molar refractivity (Wildman–Crippen MR) is 103 cm³/mol. The molecule has 1 fully saturated rings. The smallest absolute Gasteiger partial charge is 0.251 e. The van der Waals surface area contributed by atoms with Crippen LogP contribution in [0.25, 0.3) is 0 Å². The van der Waals surface area contributed by atoms with Crippen LogP contribution in [-0.2, 0) is 6.54 Å². The van der Waals surface area contributed by atoms with Gasteiger partial charge in [0.1, 0.15) is 23.9 Å². The van der Waals surface area contributed by atoms with Crippen molar-refractivity contribution in [3.63, 3.8) is 0 Å². The first-order chi connectivity index (χ1) is 13.2. The molecule has 6 nitrogen and oxygen atoms in total. The van der Waals surface area contributed by atoms with Crippen LogP contribution in [0.2, 0.25) is 0 Å². The van der Waals surface area contributed by atoms with E-state index in [1.54, 1.807) is 24.3 Å². The average Bonchev–Trinajstić information content (AvgIpc) is 3.20. The molecule has 1 heterocycles. The van der Waals surface area contributed by atoms with Crippen LogP contribution in [-0.4, -0.2) is 49.3 Å². The number of carbonyl (C=O) groups is 1. The monoisotopic (exact) mass is 370 g/mol. The van der Waals surface area contributed by atoms with Crippen molar-refractivity contribution >= 4 is 5.91 Å². The second-order valence-electron chi connectivity index (χ2n) is 6.60. The highest BCUT2D eigenvalue weighted by Crippen LogP contribution is 2.23. The average molecular weight is 370 g/mol. The van der Waals surface area contributed by atoms with Crippen molar-refractivity contribution in [2.75, 3.05) is 33.4 Å². The van der Waals surface area contributed by atoms with Gasteiger partial charge in [0.15, 0.2) is 0 Å². The topological polar surface area (TPSA) is 71.0 Å². The van der Waals surface area contributed by atoms with Gasteiger partial charge in [0.05, 0.1) is 7.11 Å². The number of aromatic hydroxyl groups is 1. The molecule has 0 aromatic heterocycles. The summed E-state index contributed by atoms with van der Waals surface area (Å²) in [4.78, 5) is 14.7. The number of carbonyl (C=O) groups excluding carboxylic acids is 1. The second-order valence-corrected chi connectivity index (χ2v) is 6.60. The molecule has 144 valence electrons. The number of rotatable bonds is 8. The fourth-order valence-corrected chi connectivity index (χ4v) is 3.16. The minimum Gasteiger partial charge on any atom is -0.508 e. The van der Waals surface area contributed by atoms with Crippen LogP contribution in [0, 0.1) is 0 Å². The summed E-state index contributed by atoms with van der Waals surface area (Å²) in [7, 11) is 1.53. The van der Waals surface area contributed by atoms with Gasteiger partial charge in [0, 0.05) is 30.3 Å². The fraction of sp³-hybridized carbons (Fsp3) is 0.381. The van der Waals surface area contributed by atoms with E-state index >= 15 is 0 Å². The standard InChI is InChI=1S/C21H26N2O4/c1-26-20-14-18(24)7-4-17(20)15-22-21(25)16-5-8-19(9-6-16)27-13-12-23-10-2-3-11-23/h4-9,14,24H,2-3,10-13,15H2,1H3,(H,22,25).